The molecule has 0 bridgehead atoms. The molecule has 0 aliphatic carbocycles. The summed E-state index contributed by atoms with van der Waals surface area (Å²) in [5, 5.41) is 0.114. The van der Waals surface area contributed by atoms with Gasteiger partial charge in [0.25, 0.3) is 0 Å². The maximum atomic E-state index is 13.8. The molecular weight excluding hydrogens is 430 g/mol. The Kier molecular flexibility index (Phi) is 7.36. The molecule has 3 rings (SSSR count). The van der Waals surface area contributed by atoms with Gasteiger partial charge in [-0.3, -0.25) is 14.9 Å². The van der Waals surface area contributed by atoms with Crippen LogP contribution in [-0.2, 0) is 28.9 Å². The third-order valence-electron chi connectivity index (χ3n) is 5.58. The number of benzene rings is 2. The average molecular weight is 460 g/mol. The Bertz CT molecular complexity index is 983. The number of esters is 2. The van der Waals surface area contributed by atoms with Gasteiger partial charge in [-0.2, -0.15) is 0 Å². The normalized spacial score (nSPS) is 24.5. The summed E-state index contributed by atoms with van der Waals surface area (Å²) in [6.07, 6.45) is 0. The number of carbonyl (C=O) groups is 2. The number of hydrogen-bond donors (Lipinski definition) is 1. The summed E-state index contributed by atoms with van der Waals surface area (Å²) in [6, 6.07) is 12.8. The second kappa shape index (κ2) is 9.83. The van der Waals surface area contributed by atoms with Crippen LogP contribution in [0.25, 0.3) is 0 Å². The third kappa shape index (κ3) is 4.71. The average Bonchev–Trinajstić information content (AvgIpc) is 2.73. The van der Waals surface area contributed by atoms with Gasteiger partial charge in [-0.25, -0.2) is 8.42 Å². The molecule has 4 atom stereocenters. The van der Waals surface area contributed by atoms with Gasteiger partial charge in [0, 0.05) is 0 Å². The van der Waals surface area contributed by atoms with Crippen molar-refractivity contribution in [1.29, 1.82) is 0 Å². The summed E-state index contributed by atoms with van der Waals surface area (Å²) < 4.78 is 37.9. The van der Waals surface area contributed by atoms with Gasteiger partial charge in [-0.1, -0.05) is 59.7 Å². The smallest absolute Gasteiger partial charge is 0.326 e. The molecular formula is C24H29NO6S. The van der Waals surface area contributed by atoms with Gasteiger partial charge in [-0.05, 0) is 38.8 Å². The molecule has 0 amide bonds. The molecule has 8 heteroatoms. The molecule has 4 unspecified atom stereocenters. The van der Waals surface area contributed by atoms with Crippen molar-refractivity contribution < 1.29 is 27.5 Å². The first kappa shape index (κ1) is 23.9. The van der Waals surface area contributed by atoms with Crippen molar-refractivity contribution in [2.24, 2.45) is 0 Å². The summed E-state index contributed by atoms with van der Waals surface area (Å²) >= 11 is 0. The SMILES string of the molecule is CCOC(=O)C1C(c2ccc(C)cc2)NC(c2ccc(C)cc2)C(C(=O)OCC)S1(=O)=O. The van der Waals surface area contributed by atoms with Crippen LogP contribution in [0.5, 0.6) is 0 Å². The summed E-state index contributed by atoms with van der Waals surface area (Å²) in [6.45, 7) is 7.11. The van der Waals surface area contributed by atoms with Crippen LogP contribution in [0.1, 0.15) is 48.2 Å². The number of aryl methyl sites for hydroxylation is 2. The van der Waals surface area contributed by atoms with Crippen LogP contribution in [0.2, 0.25) is 0 Å². The van der Waals surface area contributed by atoms with E-state index < -0.39 is 44.4 Å². The molecule has 0 radical (unpaired) electrons. The van der Waals surface area contributed by atoms with Crippen LogP contribution < -0.4 is 5.32 Å². The van der Waals surface area contributed by atoms with E-state index in [0.717, 1.165) is 11.1 Å². The number of nitrogens with one attached hydrogen (secondary N) is 1. The lowest BCUT2D eigenvalue weighted by molar-refractivity contribution is -0.144. The molecule has 1 saturated heterocycles. The van der Waals surface area contributed by atoms with Crippen LogP contribution in [0.4, 0.5) is 0 Å². The number of ether oxygens (including phenoxy) is 2. The predicted octanol–water partition coefficient (Wildman–Crippen LogP) is 2.97. The molecule has 2 aromatic rings. The van der Waals surface area contributed by atoms with E-state index in [1.165, 1.54) is 0 Å². The molecule has 32 heavy (non-hydrogen) atoms. The highest BCUT2D eigenvalue weighted by Gasteiger charge is 2.56. The topological polar surface area (TPSA) is 98.8 Å². The second-order valence-electron chi connectivity index (χ2n) is 7.88. The summed E-state index contributed by atoms with van der Waals surface area (Å²) in [4.78, 5) is 25.8. The van der Waals surface area contributed by atoms with Crippen LogP contribution in [-0.4, -0.2) is 44.1 Å². The van der Waals surface area contributed by atoms with E-state index >= 15 is 0 Å². The van der Waals surface area contributed by atoms with Crippen LogP contribution in [0.15, 0.2) is 48.5 Å². The zero-order valence-corrected chi connectivity index (χ0v) is 19.5. The lowest BCUT2D eigenvalue weighted by atomic mass is 9.95. The molecule has 1 aliphatic rings. The molecule has 0 saturated carbocycles. The van der Waals surface area contributed by atoms with Gasteiger partial charge in [0.15, 0.2) is 20.3 Å². The van der Waals surface area contributed by atoms with Crippen LogP contribution in [0.3, 0.4) is 0 Å². The van der Waals surface area contributed by atoms with Crippen molar-refractivity contribution in [3.05, 3.63) is 70.8 Å². The van der Waals surface area contributed by atoms with Gasteiger partial charge in [0.2, 0.25) is 0 Å². The monoisotopic (exact) mass is 459 g/mol. The Morgan fingerprint density at radius 2 is 1.09 bits per heavy atom. The van der Waals surface area contributed by atoms with E-state index in [2.05, 4.69) is 5.32 Å². The maximum Gasteiger partial charge on any atom is 0.326 e. The van der Waals surface area contributed by atoms with E-state index in [1.807, 2.05) is 38.1 Å². The first-order valence-electron chi connectivity index (χ1n) is 10.7. The maximum absolute atomic E-state index is 13.8. The summed E-state index contributed by atoms with van der Waals surface area (Å²) in [7, 11) is -4.33. The van der Waals surface area contributed by atoms with E-state index in [0.29, 0.717) is 11.1 Å². The molecule has 0 aromatic heterocycles. The van der Waals surface area contributed by atoms with Crippen molar-refractivity contribution in [1.82, 2.24) is 5.32 Å². The molecule has 1 N–H and O–H groups in total. The summed E-state index contributed by atoms with van der Waals surface area (Å²) in [5.41, 5.74) is 3.24. The van der Waals surface area contributed by atoms with Gasteiger partial charge >= 0.3 is 11.9 Å². The van der Waals surface area contributed by atoms with Crippen molar-refractivity contribution in [2.75, 3.05) is 13.2 Å². The Labute approximate surface area is 189 Å². The van der Waals surface area contributed by atoms with Gasteiger partial charge in [-0.15, -0.1) is 0 Å². The van der Waals surface area contributed by atoms with Crippen molar-refractivity contribution in [3.8, 4) is 0 Å². The number of sulfone groups is 1. The fourth-order valence-electron chi connectivity index (χ4n) is 3.98. The Hall–Kier alpha value is -2.71. The lowest BCUT2D eigenvalue weighted by Crippen LogP contribution is -2.59. The Morgan fingerprint density at radius 3 is 1.41 bits per heavy atom. The zero-order valence-electron chi connectivity index (χ0n) is 18.7. The highest BCUT2D eigenvalue weighted by atomic mass is 32.2. The molecule has 1 heterocycles. The number of rotatable bonds is 6. The van der Waals surface area contributed by atoms with Crippen molar-refractivity contribution in [2.45, 2.75) is 50.3 Å². The number of carbonyl (C=O) groups excluding carboxylic acids is 2. The van der Waals surface area contributed by atoms with Crippen molar-refractivity contribution in [3.63, 3.8) is 0 Å². The highest BCUT2D eigenvalue weighted by molar-refractivity contribution is 7.94. The van der Waals surface area contributed by atoms with Crippen LogP contribution >= 0.6 is 0 Å². The van der Waals surface area contributed by atoms with E-state index in [4.69, 9.17) is 9.47 Å². The lowest BCUT2D eigenvalue weighted by Gasteiger charge is -2.40. The van der Waals surface area contributed by atoms with E-state index in [9.17, 15) is 18.0 Å². The Morgan fingerprint density at radius 1 is 0.750 bits per heavy atom. The first-order chi connectivity index (χ1) is 15.2. The minimum Gasteiger partial charge on any atom is -0.465 e. The second-order valence-corrected chi connectivity index (χ2v) is 10.1. The zero-order chi connectivity index (χ0) is 23.5. The molecule has 0 spiro atoms. The first-order valence-corrected chi connectivity index (χ1v) is 12.3. The standard InChI is InChI=1S/C24H29NO6S/c1-5-30-23(26)21-19(17-11-7-15(3)8-12-17)25-20(18-13-9-16(4)10-14-18)22(32(21,28)29)24(27)31-6-2/h7-14,19-22,25H,5-6H2,1-4H3. The van der Waals surface area contributed by atoms with Gasteiger partial charge in [0.1, 0.15) is 0 Å². The predicted molar refractivity (Wildman–Crippen MR) is 121 cm³/mol. The van der Waals surface area contributed by atoms with Crippen LogP contribution in [0, 0.1) is 13.8 Å². The minimum atomic E-state index is -4.33. The largest absolute Gasteiger partial charge is 0.465 e. The fraction of sp³-hybridized carbons (Fsp3) is 0.417. The van der Waals surface area contributed by atoms with Gasteiger partial charge in [0.05, 0.1) is 25.3 Å². The highest BCUT2D eigenvalue weighted by Crippen LogP contribution is 2.39. The third-order valence-corrected chi connectivity index (χ3v) is 7.93. The van der Waals surface area contributed by atoms with Crippen molar-refractivity contribution >= 4 is 21.8 Å². The van der Waals surface area contributed by atoms with E-state index in [-0.39, 0.29) is 13.2 Å². The van der Waals surface area contributed by atoms with Gasteiger partial charge < -0.3 is 9.47 Å². The number of hydrogen-bond acceptors (Lipinski definition) is 7. The minimum absolute atomic E-state index is 0.0247. The molecule has 2 aromatic carbocycles. The quantitative estimate of drug-likeness (QED) is 0.663. The molecule has 7 nitrogen and oxygen atoms in total. The molecule has 1 aliphatic heterocycles. The Balaban J connectivity index is 2.18. The molecule has 1 fully saturated rings. The summed E-state index contributed by atoms with van der Waals surface area (Å²) in [5.74, 6) is -1.77. The fourth-order valence-corrected chi connectivity index (χ4v) is 6.20. The van der Waals surface area contributed by atoms with E-state index in [1.54, 1.807) is 38.1 Å². The molecule has 172 valence electrons.